The van der Waals surface area contributed by atoms with Gasteiger partial charge >= 0.3 is 0 Å². The summed E-state index contributed by atoms with van der Waals surface area (Å²) in [5, 5.41) is 3.72. The maximum absolute atomic E-state index is 7.33. The van der Waals surface area contributed by atoms with Gasteiger partial charge in [0.15, 0.2) is 0 Å². The van der Waals surface area contributed by atoms with E-state index in [9.17, 15) is 0 Å². The maximum atomic E-state index is 7.33. The Morgan fingerprint density at radius 2 is 2.37 bits per heavy atom. The monoisotopic (exact) mass is 261 g/mol. The molecule has 0 spiro atoms. The lowest BCUT2D eigenvalue weighted by Gasteiger charge is -2.56. The zero-order chi connectivity index (χ0) is 15.4. The average Bonchev–Trinajstić information content (AvgIpc) is 2.46. The lowest BCUT2D eigenvalue weighted by molar-refractivity contribution is 0.0795. The van der Waals surface area contributed by atoms with Gasteiger partial charge < -0.3 is 10.1 Å². The van der Waals surface area contributed by atoms with Gasteiger partial charge in [-0.25, -0.2) is 0 Å². The minimum absolute atomic E-state index is 0.246. The second-order valence-corrected chi connectivity index (χ2v) is 6.44. The molecule has 19 heavy (non-hydrogen) atoms. The summed E-state index contributed by atoms with van der Waals surface area (Å²) in [4.78, 5) is 0. The molecule has 1 heterocycles. The highest BCUT2D eigenvalue weighted by molar-refractivity contribution is 5.45. The van der Waals surface area contributed by atoms with E-state index in [1.807, 2.05) is 12.1 Å². The highest BCUT2D eigenvalue weighted by Gasteiger charge is 2.51. The quantitative estimate of drug-likeness (QED) is 0.785. The number of benzene rings is 1. The van der Waals surface area contributed by atoms with Gasteiger partial charge in [0, 0.05) is 11.5 Å². The fraction of sp³-hybridized carbons (Fsp3) is 0.647. The summed E-state index contributed by atoms with van der Waals surface area (Å²) in [5.41, 5.74) is 3.00. The molecule has 102 valence electrons. The van der Waals surface area contributed by atoms with Gasteiger partial charge in [-0.15, -0.1) is 0 Å². The van der Waals surface area contributed by atoms with Crippen molar-refractivity contribution in [3.8, 4) is 5.75 Å². The van der Waals surface area contributed by atoms with Gasteiger partial charge in [0.2, 0.25) is 0 Å². The molecule has 1 saturated heterocycles. The van der Waals surface area contributed by atoms with Crippen LogP contribution in [0.3, 0.4) is 0 Å². The Balaban J connectivity index is 1.78. The third-order valence-electron chi connectivity index (χ3n) is 5.74. The summed E-state index contributed by atoms with van der Waals surface area (Å²) in [6.45, 7) is 1.07. The molecular weight excluding hydrogens is 235 g/mol. The van der Waals surface area contributed by atoms with E-state index >= 15 is 0 Å². The van der Waals surface area contributed by atoms with Crippen LogP contribution in [0, 0.1) is 5.92 Å². The topological polar surface area (TPSA) is 21.3 Å². The minimum Gasteiger partial charge on any atom is -0.497 e. The molecule has 0 radical (unpaired) electrons. The van der Waals surface area contributed by atoms with Crippen molar-refractivity contribution in [1.82, 2.24) is 5.32 Å². The van der Waals surface area contributed by atoms with Crippen LogP contribution in [-0.2, 0) is 11.8 Å². The number of rotatable bonds is 1. The molecule has 0 unspecified atom stereocenters. The van der Waals surface area contributed by atoms with Gasteiger partial charge in [0.05, 0.1) is 11.2 Å². The SMILES string of the molecule is [2H][13C]([2H])([2H])Oc1ccc2c(c1)[C@@]13CCCC[C@H]1[C@@H](C2)NCC3. The molecule has 2 heteroatoms. The van der Waals surface area contributed by atoms with Crippen molar-refractivity contribution in [2.24, 2.45) is 5.92 Å². The van der Waals surface area contributed by atoms with Crippen molar-refractivity contribution < 1.29 is 8.85 Å². The summed E-state index contributed by atoms with van der Waals surface area (Å²) in [5.74, 6) is 1.19. The summed E-state index contributed by atoms with van der Waals surface area (Å²) < 4.78 is 27.2. The number of ether oxygens (including phenoxy) is 1. The molecule has 1 aromatic rings. The Morgan fingerprint density at radius 3 is 3.32 bits per heavy atom. The van der Waals surface area contributed by atoms with E-state index in [0.29, 0.717) is 17.7 Å². The molecule has 1 aliphatic heterocycles. The van der Waals surface area contributed by atoms with E-state index in [-0.39, 0.29) is 5.41 Å². The molecule has 2 aliphatic carbocycles. The van der Waals surface area contributed by atoms with Crippen LogP contribution >= 0.6 is 0 Å². The third kappa shape index (κ3) is 1.59. The third-order valence-corrected chi connectivity index (χ3v) is 5.74. The van der Waals surface area contributed by atoms with Crippen LogP contribution in [0.15, 0.2) is 18.2 Å². The number of fused-ring (bicyclic) bond motifs is 1. The molecule has 2 bridgehead atoms. The zero-order valence-electron chi connectivity index (χ0n) is 14.2. The van der Waals surface area contributed by atoms with Crippen LogP contribution in [0.2, 0.25) is 0 Å². The van der Waals surface area contributed by atoms with Crippen molar-refractivity contribution in [3.05, 3.63) is 29.3 Å². The average molecular weight is 261 g/mol. The van der Waals surface area contributed by atoms with Crippen molar-refractivity contribution >= 4 is 0 Å². The van der Waals surface area contributed by atoms with Crippen LogP contribution in [0.25, 0.3) is 0 Å². The highest BCUT2D eigenvalue weighted by atomic mass is 16.5. The standard InChI is InChI=1S/C17H23NO/c1-19-13-6-5-12-10-16-14-4-2-3-7-17(14,8-9-18-16)15(12)11-13/h5-6,11,14,16,18H,2-4,7-10H2,1H3/t14-,16+,17+/m0/s1/i1+1D3. The number of piperidine rings is 1. The first-order valence-electron chi connectivity index (χ1n) is 9.04. The Hall–Kier alpha value is -1.02. The molecular formula is C17H23NO. The predicted octanol–water partition coefficient (Wildman–Crippen LogP) is 3.04. The van der Waals surface area contributed by atoms with Gasteiger partial charge in [-0.1, -0.05) is 18.9 Å². The number of hydrogen-bond acceptors (Lipinski definition) is 2. The molecule has 1 N–H and O–H groups in total. The molecule has 0 aromatic heterocycles. The predicted molar refractivity (Wildman–Crippen MR) is 76.7 cm³/mol. The van der Waals surface area contributed by atoms with Crippen LogP contribution in [-0.4, -0.2) is 19.6 Å². The van der Waals surface area contributed by atoms with E-state index in [1.165, 1.54) is 43.2 Å². The smallest absolute Gasteiger partial charge is 0.119 e. The molecule has 3 aliphatic rings. The minimum atomic E-state index is -2.37. The molecule has 1 saturated carbocycles. The van der Waals surface area contributed by atoms with Gasteiger partial charge in [-0.2, -0.15) is 0 Å². The number of nitrogens with one attached hydrogen (secondary N) is 1. The Kier molecular flexibility index (Phi) is 2.01. The van der Waals surface area contributed by atoms with Gasteiger partial charge in [-0.3, -0.25) is 0 Å². The summed E-state index contributed by atoms with van der Waals surface area (Å²) >= 11 is 0. The lowest BCUT2D eigenvalue weighted by atomic mass is 9.53. The molecule has 2 nitrogen and oxygen atoms in total. The zero-order valence-corrected chi connectivity index (χ0v) is 11.2. The van der Waals surface area contributed by atoms with E-state index in [0.717, 1.165) is 13.0 Å². The Bertz CT molecular complexity index is 582. The maximum Gasteiger partial charge on any atom is 0.119 e. The van der Waals surface area contributed by atoms with Gasteiger partial charge in [0.25, 0.3) is 0 Å². The Labute approximate surface area is 119 Å². The molecule has 1 aromatic carbocycles. The van der Waals surface area contributed by atoms with Crippen molar-refractivity contribution in [2.45, 2.75) is 50.0 Å². The molecule has 0 amide bonds. The van der Waals surface area contributed by atoms with E-state index < -0.39 is 7.04 Å². The van der Waals surface area contributed by atoms with Crippen molar-refractivity contribution in [1.29, 1.82) is 0 Å². The fourth-order valence-corrected chi connectivity index (χ4v) is 4.97. The Morgan fingerprint density at radius 1 is 1.37 bits per heavy atom. The van der Waals surface area contributed by atoms with Crippen LogP contribution in [0.1, 0.15) is 47.3 Å². The summed E-state index contributed by atoms with van der Waals surface area (Å²) in [6.07, 6.45) is 7.37. The second-order valence-electron chi connectivity index (χ2n) is 6.44. The van der Waals surface area contributed by atoms with E-state index in [1.54, 1.807) is 0 Å². The first kappa shape index (κ1) is 9.02. The molecule has 4 rings (SSSR count). The largest absolute Gasteiger partial charge is 0.497 e. The molecule has 3 atom stereocenters. The van der Waals surface area contributed by atoms with Crippen LogP contribution < -0.4 is 10.1 Å². The van der Waals surface area contributed by atoms with E-state index in [2.05, 4.69) is 11.4 Å². The van der Waals surface area contributed by atoms with Crippen LogP contribution in [0.4, 0.5) is 0 Å². The summed E-state index contributed by atoms with van der Waals surface area (Å²) in [7, 11) is -2.37. The first-order valence-corrected chi connectivity index (χ1v) is 7.54. The number of hydrogen-bond donors (Lipinski definition) is 1. The lowest BCUT2D eigenvalue weighted by Crippen LogP contribution is -2.59. The van der Waals surface area contributed by atoms with E-state index in [4.69, 9.17) is 8.85 Å². The molecule has 2 fully saturated rings. The van der Waals surface area contributed by atoms with Gasteiger partial charge in [-0.05, 0) is 61.4 Å². The van der Waals surface area contributed by atoms with Crippen molar-refractivity contribution in [3.63, 3.8) is 0 Å². The normalized spacial score (nSPS) is 39.3. The summed E-state index contributed by atoms with van der Waals surface area (Å²) in [6, 6.07) is 6.53. The fourth-order valence-electron chi connectivity index (χ4n) is 4.97. The highest BCUT2D eigenvalue weighted by Crippen LogP contribution is 2.54. The number of methoxy groups -OCH3 is 1. The van der Waals surface area contributed by atoms with Crippen molar-refractivity contribution in [2.75, 3.05) is 13.6 Å². The second kappa shape index (κ2) is 4.24. The first-order chi connectivity index (χ1) is 10.5. The van der Waals surface area contributed by atoms with Gasteiger partial charge in [0.1, 0.15) is 5.75 Å². The van der Waals surface area contributed by atoms with Crippen LogP contribution in [0.5, 0.6) is 5.75 Å².